The Morgan fingerprint density at radius 2 is 1.57 bits per heavy atom. The fourth-order valence-corrected chi connectivity index (χ4v) is 1.96. The number of hydrogen-bond donors (Lipinski definition) is 0. The molecule has 0 amide bonds. The zero-order valence-electron chi connectivity index (χ0n) is 10.5. The lowest BCUT2D eigenvalue weighted by molar-refractivity contribution is 0.491. The van der Waals surface area contributed by atoms with E-state index >= 15 is 0 Å². The van der Waals surface area contributed by atoms with Crippen molar-refractivity contribution < 1.29 is 17.6 Å². The van der Waals surface area contributed by atoms with Gasteiger partial charge in [0.1, 0.15) is 11.5 Å². The Hall–Kier alpha value is -2.63. The van der Waals surface area contributed by atoms with Gasteiger partial charge in [0.25, 0.3) is 0 Å². The van der Waals surface area contributed by atoms with Gasteiger partial charge in [0.2, 0.25) is 0 Å². The highest BCUT2D eigenvalue weighted by atomic mass is 19.2. The van der Waals surface area contributed by atoms with E-state index in [4.69, 9.17) is 0 Å². The van der Waals surface area contributed by atoms with E-state index in [-0.39, 0.29) is 5.69 Å². The Labute approximate surface area is 117 Å². The van der Waals surface area contributed by atoms with Gasteiger partial charge in [-0.25, -0.2) is 22.2 Å². The molecule has 106 valence electrons. The lowest BCUT2D eigenvalue weighted by Crippen LogP contribution is -2.00. The number of benzene rings is 2. The predicted octanol–water partition coefficient (Wildman–Crippen LogP) is 4.10. The van der Waals surface area contributed by atoms with Gasteiger partial charge in [-0.1, -0.05) is 12.1 Å². The fourth-order valence-electron chi connectivity index (χ4n) is 1.96. The van der Waals surface area contributed by atoms with Crippen LogP contribution in [0.3, 0.4) is 0 Å². The van der Waals surface area contributed by atoms with Crippen LogP contribution in [0.4, 0.5) is 17.6 Å². The topological polar surface area (TPSA) is 17.8 Å². The molecule has 0 spiro atoms. The Morgan fingerprint density at radius 3 is 2.33 bits per heavy atom. The van der Waals surface area contributed by atoms with Gasteiger partial charge in [-0.15, -0.1) is 0 Å². The van der Waals surface area contributed by atoms with Crippen LogP contribution in [0.25, 0.3) is 16.8 Å². The van der Waals surface area contributed by atoms with Crippen LogP contribution in [0.15, 0.2) is 48.8 Å². The fraction of sp³-hybridized carbons (Fsp3) is 0. The standard InChI is InChI=1S/C15H8F4N2/c16-11-3-1-2-9(4-11)10-7-20-21(8-10)15-6-13(18)12(17)5-14(15)19/h1-8H. The average Bonchev–Trinajstić information content (AvgIpc) is 2.92. The van der Waals surface area contributed by atoms with Crippen molar-refractivity contribution in [3.05, 3.63) is 72.1 Å². The molecule has 3 aromatic rings. The molecule has 1 aromatic heterocycles. The third-order valence-corrected chi connectivity index (χ3v) is 2.98. The summed E-state index contributed by atoms with van der Waals surface area (Å²) in [6, 6.07) is 6.94. The largest absolute Gasteiger partial charge is 0.237 e. The molecule has 0 aliphatic rings. The number of aromatic nitrogens is 2. The van der Waals surface area contributed by atoms with Crippen molar-refractivity contribution in [3.8, 4) is 16.8 Å². The SMILES string of the molecule is Fc1cccc(-c2cnn(-c3cc(F)c(F)cc3F)c2)c1. The van der Waals surface area contributed by atoms with Crippen molar-refractivity contribution in [2.24, 2.45) is 0 Å². The third kappa shape index (κ3) is 2.52. The van der Waals surface area contributed by atoms with E-state index in [2.05, 4.69) is 5.10 Å². The maximum atomic E-state index is 13.7. The van der Waals surface area contributed by atoms with E-state index < -0.39 is 23.3 Å². The van der Waals surface area contributed by atoms with E-state index in [0.717, 1.165) is 4.68 Å². The molecule has 1 heterocycles. The summed E-state index contributed by atoms with van der Waals surface area (Å²) in [5.41, 5.74) is 0.847. The van der Waals surface area contributed by atoms with Crippen LogP contribution < -0.4 is 0 Å². The quantitative estimate of drug-likeness (QED) is 0.513. The maximum Gasteiger partial charge on any atom is 0.161 e. The molecule has 0 atom stereocenters. The molecule has 0 N–H and O–H groups in total. The van der Waals surface area contributed by atoms with Gasteiger partial charge in [0.05, 0.1) is 6.20 Å². The van der Waals surface area contributed by atoms with Crippen LogP contribution in [-0.2, 0) is 0 Å². The normalized spacial score (nSPS) is 10.9. The number of halogens is 4. The smallest absolute Gasteiger partial charge is 0.161 e. The lowest BCUT2D eigenvalue weighted by atomic mass is 10.1. The maximum absolute atomic E-state index is 13.7. The Kier molecular flexibility index (Phi) is 3.21. The molecule has 0 saturated carbocycles. The van der Waals surface area contributed by atoms with Gasteiger partial charge < -0.3 is 0 Å². The van der Waals surface area contributed by atoms with Crippen molar-refractivity contribution in [2.45, 2.75) is 0 Å². The summed E-state index contributed by atoms with van der Waals surface area (Å²) in [6.07, 6.45) is 2.79. The summed E-state index contributed by atoms with van der Waals surface area (Å²) >= 11 is 0. The molecule has 0 fully saturated rings. The van der Waals surface area contributed by atoms with Crippen LogP contribution in [-0.4, -0.2) is 9.78 Å². The highest BCUT2D eigenvalue weighted by Crippen LogP contribution is 2.23. The molecule has 6 heteroatoms. The molecule has 2 aromatic carbocycles. The molecule has 2 nitrogen and oxygen atoms in total. The minimum Gasteiger partial charge on any atom is -0.237 e. The van der Waals surface area contributed by atoms with Crippen molar-refractivity contribution in [2.75, 3.05) is 0 Å². The second-order valence-corrected chi connectivity index (χ2v) is 4.40. The van der Waals surface area contributed by atoms with Gasteiger partial charge in [0, 0.05) is 23.9 Å². The first-order valence-corrected chi connectivity index (χ1v) is 6.00. The zero-order valence-corrected chi connectivity index (χ0v) is 10.5. The summed E-state index contributed by atoms with van der Waals surface area (Å²) in [7, 11) is 0. The molecule has 0 saturated heterocycles. The van der Waals surface area contributed by atoms with E-state index in [1.54, 1.807) is 6.07 Å². The Bertz CT molecular complexity index is 811. The van der Waals surface area contributed by atoms with Gasteiger partial charge in [-0.2, -0.15) is 5.10 Å². The number of rotatable bonds is 2. The Morgan fingerprint density at radius 1 is 0.810 bits per heavy atom. The zero-order chi connectivity index (χ0) is 15.0. The molecule has 21 heavy (non-hydrogen) atoms. The number of hydrogen-bond acceptors (Lipinski definition) is 1. The van der Waals surface area contributed by atoms with Gasteiger partial charge in [-0.05, 0) is 17.7 Å². The van der Waals surface area contributed by atoms with E-state index in [1.807, 2.05) is 0 Å². The molecule has 0 radical (unpaired) electrons. The molecular weight excluding hydrogens is 284 g/mol. The third-order valence-electron chi connectivity index (χ3n) is 2.98. The lowest BCUT2D eigenvalue weighted by Gasteiger charge is -2.04. The molecule has 0 bridgehead atoms. The van der Waals surface area contributed by atoms with Crippen molar-refractivity contribution in [1.82, 2.24) is 9.78 Å². The predicted molar refractivity (Wildman–Crippen MR) is 68.8 cm³/mol. The summed E-state index contributed by atoms with van der Waals surface area (Å²) < 4.78 is 54.0. The van der Waals surface area contributed by atoms with Gasteiger partial charge in [-0.3, -0.25) is 0 Å². The second kappa shape index (κ2) is 5.05. The van der Waals surface area contributed by atoms with E-state index in [1.165, 1.54) is 30.6 Å². The first kappa shape index (κ1) is 13.4. The van der Waals surface area contributed by atoms with Crippen LogP contribution in [0.1, 0.15) is 0 Å². The summed E-state index contributed by atoms with van der Waals surface area (Å²) in [5.74, 6) is -3.80. The minimum atomic E-state index is -1.27. The molecule has 0 aliphatic carbocycles. The van der Waals surface area contributed by atoms with Crippen molar-refractivity contribution in [1.29, 1.82) is 0 Å². The summed E-state index contributed by atoms with van der Waals surface area (Å²) in [4.78, 5) is 0. The molecule has 3 rings (SSSR count). The van der Waals surface area contributed by atoms with E-state index in [9.17, 15) is 17.6 Å². The van der Waals surface area contributed by atoms with Crippen molar-refractivity contribution in [3.63, 3.8) is 0 Å². The van der Waals surface area contributed by atoms with Crippen molar-refractivity contribution >= 4 is 0 Å². The summed E-state index contributed by atoms with van der Waals surface area (Å²) in [6.45, 7) is 0. The average molecular weight is 292 g/mol. The monoisotopic (exact) mass is 292 g/mol. The van der Waals surface area contributed by atoms with Crippen LogP contribution in [0, 0.1) is 23.3 Å². The minimum absolute atomic E-state index is 0.225. The second-order valence-electron chi connectivity index (χ2n) is 4.40. The molecular formula is C15H8F4N2. The first-order chi connectivity index (χ1) is 10.0. The Balaban J connectivity index is 2.05. The van der Waals surface area contributed by atoms with Crippen LogP contribution in [0.2, 0.25) is 0 Å². The first-order valence-electron chi connectivity index (χ1n) is 6.00. The highest BCUT2D eigenvalue weighted by Gasteiger charge is 2.13. The van der Waals surface area contributed by atoms with Gasteiger partial charge in [0.15, 0.2) is 17.5 Å². The van der Waals surface area contributed by atoms with Crippen LogP contribution >= 0.6 is 0 Å². The number of nitrogens with zero attached hydrogens (tertiary/aromatic N) is 2. The molecule has 0 aliphatic heterocycles. The molecule has 0 unspecified atom stereocenters. The summed E-state index contributed by atoms with van der Waals surface area (Å²) in [5, 5.41) is 3.89. The van der Waals surface area contributed by atoms with Gasteiger partial charge >= 0.3 is 0 Å². The highest BCUT2D eigenvalue weighted by molar-refractivity contribution is 5.62. The van der Waals surface area contributed by atoms with Crippen LogP contribution in [0.5, 0.6) is 0 Å². The van der Waals surface area contributed by atoms with E-state index in [0.29, 0.717) is 23.3 Å².